The van der Waals surface area contributed by atoms with Gasteiger partial charge in [0.2, 0.25) is 0 Å². The molecule has 0 fully saturated rings. The largest absolute Gasteiger partial charge is 0.497 e. The molecule has 0 bridgehead atoms. The first kappa shape index (κ1) is 17.7. The Morgan fingerprint density at radius 1 is 1.23 bits per heavy atom. The lowest BCUT2D eigenvalue weighted by atomic mass is 10.1. The molecule has 0 spiro atoms. The number of fused-ring (bicyclic) bond motifs is 1. The molecule has 1 aliphatic heterocycles. The predicted octanol–water partition coefficient (Wildman–Crippen LogP) is 4.07. The van der Waals surface area contributed by atoms with Crippen LogP contribution in [0.1, 0.15) is 36.2 Å². The minimum absolute atomic E-state index is 0.349. The third-order valence-corrected chi connectivity index (χ3v) is 4.28. The van der Waals surface area contributed by atoms with Gasteiger partial charge < -0.3 is 9.47 Å². The molecule has 0 N–H and O–H groups in total. The summed E-state index contributed by atoms with van der Waals surface area (Å²) in [7, 11) is 1.56. The van der Waals surface area contributed by atoms with Gasteiger partial charge in [0.05, 0.1) is 12.8 Å². The summed E-state index contributed by atoms with van der Waals surface area (Å²) in [5, 5.41) is 0. The van der Waals surface area contributed by atoms with Crippen LogP contribution >= 0.6 is 0 Å². The number of rotatable bonds is 4. The van der Waals surface area contributed by atoms with Crippen molar-refractivity contribution in [2.24, 2.45) is 0 Å². The Kier molecular flexibility index (Phi) is 5.07. The molecule has 26 heavy (non-hydrogen) atoms. The van der Waals surface area contributed by atoms with E-state index in [0.717, 1.165) is 5.56 Å². The molecule has 134 valence electrons. The lowest BCUT2D eigenvalue weighted by molar-refractivity contribution is -0.125. The predicted molar refractivity (Wildman–Crippen MR) is 101 cm³/mol. The normalized spacial score (nSPS) is 16.3. The number of hydrogen-bond acceptors (Lipinski definition) is 4. The van der Waals surface area contributed by atoms with E-state index >= 15 is 0 Å². The summed E-state index contributed by atoms with van der Waals surface area (Å²) in [4.78, 5) is 27.2. The Balaban J connectivity index is 2.09. The molecule has 1 atom stereocenters. The highest BCUT2D eigenvalue weighted by atomic mass is 16.5. The number of benzene rings is 2. The standard InChI is InChI=1S/C21H21NO4/c1-4-7-14-8-6-9-17-19(14)26-18(5-2)21(24)22(17)20(23)15-10-12-16(25-3)13-11-15/h4,6-13,18H,5H2,1-3H3/b7-4+. The van der Waals surface area contributed by atoms with Gasteiger partial charge in [0.15, 0.2) is 11.9 Å². The van der Waals surface area contributed by atoms with Crippen LogP contribution in [0.3, 0.4) is 0 Å². The highest BCUT2D eigenvalue weighted by molar-refractivity contribution is 6.23. The van der Waals surface area contributed by atoms with Gasteiger partial charge in [0.25, 0.3) is 11.8 Å². The number of allylic oxidation sites excluding steroid dienone is 1. The SMILES string of the molecule is C/C=C/c1cccc2c1OC(CC)C(=O)N2C(=O)c1ccc(OC)cc1. The second-order valence-corrected chi connectivity index (χ2v) is 5.92. The number of methoxy groups -OCH3 is 1. The third kappa shape index (κ3) is 3.08. The Bertz CT molecular complexity index is 855. The number of carbonyl (C=O) groups is 2. The first-order valence-corrected chi connectivity index (χ1v) is 8.55. The van der Waals surface area contributed by atoms with Crippen molar-refractivity contribution in [3.05, 3.63) is 59.7 Å². The molecule has 2 aromatic rings. The molecule has 5 heteroatoms. The Hall–Kier alpha value is -3.08. The average molecular weight is 351 g/mol. The van der Waals surface area contributed by atoms with Crippen LogP contribution in [0.15, 0.2) is 48.5 Å². The van der Waals surface area contributed by atoms with Gasteiger partial charge in [-0.05, 0) is 43.7 Å². The van der Waals surface area contributed by atoms with E-state index in [-0.39, 0.29) is 11.8 Å². The Morgan fingerprint density at radius 3 is 2.58 bits per heavy atom. The van der Waals surface area contributed by atoms with Crippen LogP contribution in [0.25, 0.3) is 6.08 Å². The van der Waals surface area contributed by atoms with Gasteiger partial charge >= 0.3 is 0 Å². The highest BCUT2D eigenvalue weighted by Crippen LogP contribution is 2.39. The fourth-order valence-corrected chi connectivity index (χ4v) is 2.94. The van der Waals surface area contributed by atoms with E-state index in [1.54, 1.807) is 37.4 Å². The summed E-state index contributed by atoms with van der Waals surface area (Å²) in [6.07, 6.45) is 3.59. The number of imide groups is 1. The molecule has 1 heterocycles. The maximum atomic E-state index is 13.1. The van der Waals surface area contributed by atoms with Crippen LogP contribution in [-0.4, -0.2) is 25.0 Å². The Labute approximate surface area is 152 Å². The van der Waals surface area contributed by atoms with E-state index in [9.17, 15) is 9.59 Å². The van der Waals surface area contributed by atoms with Crippen molar-refractivity contribution >= 4 is 23.6 Å². The van der Waals surface area contributed by atoms with Crippen molar-refractivity contribution in [3.8, 4) is 11.5 Å². The van der Waals surface area contributed by atoms with E-state index < -0.39 is 6.10 Å². The molecule has 0 aliphatic carbocycles. The number of nitrogens with zero attached hydrogens (tertiary/aromatic N) is 1. The monoisotopic (exact) mass is 351 g/mol. The molecular formula is C21H21NO4. The van der Waals surface area contributed by atoms with Crippen molar-refractivity contribution < 1.29 is 19.1 Å². The second kappa shape index (κ2) is 7.44. The molecule has 0 radical (unpaired) electrons. The van der Waals surface area contributed by atoms with E-state index in [4.69, 9.17) is 9.47 Å². The number of carbonyl (C=O) groups excluding carboxylic acids is 2. The van der Waals surface area contributed by atoms with E-state index in [2.05, 4.69) is 0 Å². The number of para-hydroxylation sites is 1. The fourth-order valence-electron chi connectivity index (χ4n) is 2.94. The van der Waals surface area contributed by atoms with Gasteiger partial charge in [-0.3, -0.25) is 9.59 Å². The molecule has 2 amide bonds. The number of anilines is 1. The Morgan fingerprint density at radius 2 is 1.96 bits per heavy atom. The van der Waals surface area contributed by atoms with Crippen molar-refractivity contribution in [1.82, 2.24) is 0 Å². The average Bonchev–Trinajstić information content (AvgIpc) is 2.67. The minimum atomic E-state index is -0.684. The maximum Gasteiger partial charge on any atom is 0.275 e. The number of amides is 2. The zero-order valence-electron chi connectivity index (χ0n) is 15.1. The van der Waals surface area contributed by atoms with Crippen molar-refractivity contribution in [1.29, 1.82) is 0 Å². The maximum absolute atomic E-state index is 13.1. The molecule has 1 aliphatic rings. The highest BCUT2D eigenvalue weighted by Gasteiger charge is 2.38. The fraction of sp³-hybridized carbons (Fsp3) is 0.238. The van der Waals surface area contributed by atoms with Crippen LogP contribution in [-0.2, 0) is 4.79 Å². The van der Waals surface area contributed by atoms with Crippen molar-refractivity contribution in [3.63, 3.8) is 0 Å². The van der Waals surface area contributed by atoms with Gasteiger partial charge in [0, 0.05) is 11.1 Å². The first-order chi connectivity index (χ1) is 12.6. The number of ether oxygens (including phenoxy) is 2. The van der Waals surface area contributed by atoms with Crippen LogP contribution in [0.4, 0.5) is 5.69 Å². The van der Waals surface area contributed by atoms with Crippen LogP contribution in [0.2, 0.25) is 0 Å². The molecule has 3 rings (SSSR count). The summed E-state index contributed by atoms with van der Waals surface area (Å²) in [5.41, 5.74) is 1.72. The summed E-state index contributed by atoms with van der Waals surface area (Å²) in [5.74, 6) is 0.479. The summed E-state index contributed by atoms with van der Waals surface area (Å²) in [6, 6.07) is 12.1. The zero-order chi connectivity index (χ0) is 18.7. The molecule has 2 aromatic carbocycles. The molecular weight excluding hydrogens is 330 g/mol. The zero-order valence-corrected chi connectivity index (χ0v) is 15.1. The summed E-state index contributed by atoms with van der Waals surface area (Å²) >= 11 is 0. The van der Waals surface area contributed by atoms with Crippen LogP contribution in [0.5, 0.6) is 11.5 Å². The second-order valence-electron chi connectivity index (χ2n) is 5.92. The summed E-state index contributed by atoms with van der Waals surface area (Å²) in [6.45, 7) is 3.77. The molecule has 1 unspecified atom stereocenters. The van der Waals surface area contributed by atoms with Gasteiger partial charge in [-0.1, -0.05) is 31.2 Å². The van der Waals surface area contributed by atoms with Gasteiger partial charge in [0.1, 0.15) is 5.75 Å². The van der Waals surface area contributed by atoms with Crippen molar-refractivity contribution in [2.45, 2.75) is 26.4 Å². The van der Waals surface area contributed by atoms with E-state index in [1.165, 1.54) is 4.90 Å². The smallest absolute Gasteiger partial charge is 0.275 e. The molecule has 0 aromatic heterocycles. The summed E-state index contributed by atoms with van der Waals surface area (Å²) < 4.78 is 11.0. The van der Waals surface area contributed by atoms with E-state index in [1.807, 2.05) is 38.1 Å². The van der Waals surface area contributed by atoms with Gasteiger partial charge in [-0.2, -0.15) is 0 Å². The van der Waals surface area contributed by atoms with Gasteiger partial charge in [-0.15, -0.1) is 0 Å². The quantitative estimate of drug-likeness (QED) is 0.779. The third-order valence-electron chi connectivity index (χ3n) is 4.28. The van der Waals surface area contributed by atoms with Crippen LogP contribution in [0, 0.1) is 0 Å². The number of hydrogen-bond donors (Lipinski definition) is 0. The lowest BCUT2D eigenvalue weighted by Crippen LogP contribution is -2.48. The van der Waals surface area contributed by atoms with Crippen LogP contribution < -0.4 is 14.4 Å². The van der Waals surface area contributed by atoms with Crippen molar-refractivity contribution in [2.75, 3.05) is 12.0 Å². The topological polar surface area (TPSA) is 55.8 Å². The minimum Gasteiger partial charge on any atom is -0.497 e. The molecule has 0 saturated heterocycles. The lowest BCUT2D eigenvalue weighted by Gasteiger charge is -2.33. The molecule has 0 saturated carbocycles. The van der Waals surface area contributed by atoms with Gasteiger partial charge in [-0.25, -0.2) is 4.90 Å². The van der Waals surface area contributed by atoms with E-state index in [0.29, 0.717) is 29.2 Å². The molecule has 5 nitrogen and oxygen atoms in total. The first-order valence-electron chi connectivity index (χ1n) is 8.55.